The zero-order chi connectivity index (χ0) is 23.4. The van der Waals surface area contributed by atoms with Gasteiger partial charge in [-0.1, -0.05) is 6.07 Å². The highest BCUT2D eigenvalue weighted by Crippen LogP contribution is 2.32. The van der Waals surface area contributed by atoms with E-state index >= 15 is 0 Å². The minimum absolute atomic E-state index is 0.0726. The number of nitrogens with zero attached hydrogens (tertiary/aromatic N) is 1. The molecule has 0 saturated heterocycles. The molecule has 2 heterocycles. The Labute approximate surface area is 193 Å². The Bertz CT molecular complexity index is 1240. The van der Waals surface area contributed by atoms with Crippen molar-refractivity contribution < 1.29 is 27.1 Å². The Morgan fingerprint density at radius 1 is 1.00 bits per heavy atom. The van der Waals surface area contributed by atoms with Gasteiger partial charge in [0.25, 0.3) is 0 Å². The topological polar surface area (TPSA) is 98.1 Å². The fourth-order valence-corrected chi connectivity index (χ4v) is 4.88. The molecule has 0 bridgehead atoms. The summed E-state index contributed by atoms with van der Waals surface area (Å²) in [6.07, 6.45) is 2.24. The van der Waals surface area contributed by atoms with Crippen LogP contribution in [-0.2, 0) is 21.4 Å². The fraction of sp³-hybridized carbons (Fsp3) is 0.292. The first-order chi connectivity index (χ1) is 15.8. The summed E-state index contributed by atoms with van der Waals surface area (Å²) in [7, 11) is -3.96. The van der Waals surface area contributed by atoms with E-state index in [1.165, 1.54) is 6.26 Å². The molecule has 0 aliphatic carbocycles. The highest BCUT2D eigenvalue weighted by Gasteiger charge is 2.28. The van der Waals surface area contributed by atoms with Crippen molar-refractivity contribution in [3.8, 4) is 11.5 Å². The number of ether oxygens (including phenoxy) is 2. The van der Waals surface area contributed by atoms with E-state index in [9.17, 15) is 13.2 Å². The van der Waals surface area contributed by atoms with E-state index in [-0.39, 0.29) is 18.0 Å². The zero-order valence-corrected chi connectivity index (χ0v) is 19.4. The number of anilines is 1. The number of hydrogen-bond donors (Lipinski definition) is 1. The van der Waals surface area contributed by atoms with Crippen LogP contribution >= 0.6 is 0 Å². The van der Waals surface area contributed by atoms with Gasteiger partial charge in [-0.2, -0.15) is 4.31 Å². The Hall–Kier alpha value is -3.30. The van der Waals surface area contributed by atoms with E-state index in [0.29, 0.717) is 36.2 Å². The summed E-state index contributed by atoms with van der Waals surface area (Å²) < 4.78 is 44.5. The van der Waals surface area contributed by atoms with E-state index in [1.807, 2.05) is 13.8 Å². The standard InChI is InChI=1S/C24H26N2O6S/c1-17-6-8-21(13-18(17)2)33(28,29)26(15-20-5-3-10-30-20)16-24(27)25-19-7-9-22-23(14-19)32-12-4-11-31-22/h3,5-10,13-14H,4,11-12,15-16H2,1-2H3,(H,25,27). The maximum absolute atomic E-state index is 13.4. The van der Waals surface area contributed by atoms with Crippen LogP contribution in [0.3, 0.4) is 0 Å². The van der Waals surface area contributed by atoms with E-state index in [1.54, 1.807) is 48.5 Å². The highest BCUT2D eigenvalue weighted by molar-refractivity contribution is 7.89. The number of furan rings is 1. The molecule has 0 unspecified atom stereocenters. The van der Waals surface area contributed by atoms with Crippen molar-refractivity contribution in [1.29, 1.82) is 0 Å². The van der Waals surface area contributed by atoms with Gasteiger partial charge in [-0.25, -0.2) is 8.42 Å². The molecule has 8 nitrogen and oxygen atoms in total. The molecule has 0 radical (unpaired) electrons. The molecule has 2 aromatic carbocycles. The molecule has 9 heteroatoms. The van der Waals surface area contributed by atoms with E-state index in [4.69, 9.17) is 13.9 Å². The number of amides is 1. The molecule has 1 aromatic heterocycles. The second kappa shape index (κ2) is 9.68. The van der Waals surface area contributed by atoms with Gasteiger partial charge in [0.2, 0.25) is 15.9 Å². The van der Waals surface area contributed by atoms with Gasteiger partial charge in [-0.3, -0.25) is 4.79 Å². The Kier molecular flexibility index (Phi) is 6.71. The summed E-state index contributed by atoms with van der Waals surface area (Å²) in [5.41, 5.74) is 2.33. The fourth-order valence-electron chi connectivity index (χ4n) is 3.43. The lowest BCUT2D eigenvalue weighted by Gasteiger charge is -2.21. The Morgan fingerprint density at radius 2 is 1.79 bits per heavy atom. The minimum atomic E-state index is -3.96. The summed E-state index contributed by atoms with van der Waals surface area (Å²) in [4.78, 5) is 13.0. The van der Waals surface area contributed by atoms with Crippen LogP contribution in [-0.4, -0.2) is 38.4 Å². The van der Waals surface area contributed by atoms with Crippen molar-refractivity contribution in [2.75, 3.05) is 25.1 Å². The number of aryl methyl sites for hydroxylation is 2. The highest BCUT2D eigenvalue weighted by atomic mass is 32.2. The monoisotopic (exact) mass is 470 g/mol. The number of carbonyl (C=O) groups is 1. The van der Waals surface area contributed by atoms with Crippen LogP contribution in [0.4, 0.5) is 5.69 Å². The first-order valence-corrected chi connectivity index (χ1v) is 12.1. The van der Waals surface area contributed by atoms with Crippen LogP contribution in [0.1, 0.15) is 23.3 Å². The third-order valence-electron chi connectivity index (χ3n) is 5.38. The average Bonchev–Trinajstić information content (AvgIpc) is 3.18. The lowest BCUT2D eigenvalue weighted by molar-refractivity contribution is -0.116. The number of carbonyl (C=O) groups excluding carboxylic acids is 1. The molecule has 1 aliphatic heterocycles. The molecule has 3 aromatic rings. The smallest absolute Gasteiger partial charge is 0.243 e. The predicted molar refractivity (Wildman–Crippen MR) is 123 cm³/mol. The normalized spacial score (nSPS) is 13.5. The second-order valence-electron chi connectivity index (χ2n) is 7.86. The molecule has 33 heavy (non-hydrogen) atoms. The van der Waals surface area contributed by atoms with Crippen LogP contribution < -0.4 is 14.8 Å². The van der Waals surface area contributed by atoms with Crippen LogP contribution in [0.5, 0.6) is 11.5 Å². The molecule has 0 saturated carbocycles. The molecule has 0 fully saturated rings. The molecular weight excluding hydrogens is 444 g/mol. The van der Waals surface area contributed by atoms with Crippen molar-refractivity contribution in [3.05, 3.63) is 71.7 Å². The lowest BCUT2D eigenvalue weighted by Crippen LogP contribution is -2.37. The average molecular weight is 471 g/mol. The summed E-state index contributed by atoms with van der Waals surface area (Å²) in [6.45, 7) is 4.39. The van der Waals surface area contributed by atoms with E-state index in [2.05, 4.69) is 5.32 Å². The second-order valence-corrected chi connectivity index (χ2v) is 9.80. The molecular formula is C24H26N2O6S. The Morgan fingerprint density at radius 3 is 2.52 bits per heavy atom. The number of fused-ring (bicyclic) bond motifs is 1. The van der Waals surface area contributed by atoms with E-state index < -0.39 is 15.9 Å². The summed E-state index contributed by atoms with van der Waals surface area (Å²) in [6, 6.07) is 13.4. The maximum atomic E-state index is 13.4. The number of sulfonamides is 1. The predicted octanol–water partition coefficient (Wildman–Crippen LogP) is 3.89. The summed E-state index contributed by atoms with van der Waals surface area (Å²) in [5.74, 6) is 1.11. The molecule has 1 amide bonds. The van der Waals surface area contributed by atoms with Gasteiger partial charge < -0.3 is 19.2 Å². The van der Waals surface area contributed by atoms with Gasteiger partial charge in [0.15, 0.2) is 11.5 Å². The molecule has 0 spiro atoms. The maximum Gasteiger partial charge on any atom is 0.243 e. The van der Waals surface area contributed by atoms with Gasteiger partial charge in [0, 0.05) is 18.2 Å². The van der Waals surface area contributed by atoms with Crippen molar-refractivity contribution in [2.45, 2.75) is 31.7 Å². The van der Waals surface area contributed by atoms with Crippen molar-refractivity contribution in [3.63, 3.8) is 0 Å². The number of hydrogen-bond acceptors (Lipinski definition) is 6. The Balaban J connectivity index is 1.55. The van der Waals surface area contributed by atoms with Crippen LogP contribution in [0.2, 0.25) is 0 Å². The number of nitrogens with one attached hydrogen (secondary N) is 1. The van der Waals surface area contributed by atoms with Gasteiger partial charge in [0.05, 0.1) is 37.5 Å². The van der Waals surface area contributed by atoms with Gasteiger partial charge in [0.1, 0.15) is 5.76 Å². The zero-order valence-electron chi connectivity index (χ0n) is 18.5. The van der Waals surface area contributed by atoms with Crippen LogP contribution in [0.25, 0.3) is 0 Å². The van der Waals surface area contributed by atoms with E-state index in [0.717, 1.165) is 21.9 Å². The largest absolute Gasteiger partial charge is 0.490 e. The molecule has 174 valence electrons. The van der Waals surface area contributed by atoms with Gasteiger partial charge >= 0.3 is 0 Å². The van der Waals surface area contributed by atoms with Gasteiger partial charge in [-0.15, -0.1) is 0 Å². The third-order valence-corrected chi connectivity index (χ3v) is 7.17. The third kappa shape index (κ3) is 5.37. The minimum Gasteiger partial charge on any atom is -0.490 e. The SMILES string of the molecule is Cc1ccc(S(=O)(=O)N(CC(=O)Nc2ccc3c(c2)OCCCO3)Cc2ccco2)cc1C. The molecule has 1 N–H and O–H groups in total. The van der Waals surface area contributed by atoms with Gasteiger partial charge in [-0.05, 0) is 61.4 Å². The summed E-state index contributed by atoms with van der Waals surface area (Å²) >= 11 is 0. The van der Waals surface area contributed by atoms with Crippen molar-refractivity contribution >= 4 is 21.6 Å². The van der Waals surface area contributed by atoms with Crippen LogP contribution in [0.15, 0.2) is 64.1 Å². The first kappa shape index (κ1) is 22.9. The first-order valence-electron chi connectivity index (χ1n) is 10.6. The van der Waals surface area contributed by atoms with Crippen molar-refractivity contribution in [1.82, 2.24) is 4.31 Å². The number of rotatable bonds is 7. The van der Waals surface area contributed by atoms with Crippen molar-refractivity contribution in [2.24, 2.45) is 0 Å². The lowest BCUT2D eigenvalue weighted by atomic mass is 10.1. The van der Waals surface area contributed by atoms with Crippen LogP contribution in [0, 0.1) is 13.8 Å². The molecule has 0 atom stereocenters. The summed E-state index contributed by atoms with van der Waals surface area (Å²) in [5, 5.41) is 2.76. The molecule has 1 aliphatic rings. The number of benzene rings is 2. The quantitative estimate of drug-likeness (QED) is 0.563. The molecule has 4 rings (SSSR count).